The molecule has 1 heterocycles. The van der Waals surface area contributed by atoms with Gasteiger partial charge in [-0.1, -0.05) is 18.0 Å². The summed E-state index contributed by atoms with van der Waals surface area (Å²) in [5.41, 5.74) is -0.729. The van der Waals surface area contributed by atoms with Gasteiger partial charge in [-0.2, -0.15) is 4.98 Å². The predicted molar refractivity (Wildman–Crippen MR) is 71.3 cm³/mol. The van der Waals surface area contributed by atoms with Gasteiger partial charge in [-0.05, 0) is 26.7 Å². The van der Waals surface area contributed by atoms with Crippen molar-refractivity contribution in [1.29, 1.82) is 0 Å². The van der Waals surface area contributed by atoms with Crippen LogP contribution in [0.3, 0.4) is 0 Å². The first-order chi connectivity index (χ1) is 9.73. The molecule has 0 saturated heterocycles. The van der Waals surface area contributed by atoms with Gasteiger partial charge in [0.05, 0.1) is 13.2 Å². The molecule has 0 radical (unpaired) electrons. The second-order valence-electron chi connectivity index (χ2n) is 4.97. The third-order valence-electron chi connectivity index (χ3n) is 3.67. The van der Waals surface area contributed by atoms with E-state index < -0.39 is 5.41 Å². The first kappa shape index (κ1) is 15.0. The molecule has 112 valence electrons. The van der Waals surface area contributed by atoms with Crippen LogP contribution in [0, 0.1) is 0 Å². The Morgan fingerprint density at radius 1 is 1.30 bits per heavy atom. The molecule has 0 amide bonds. The summed E-state index contributed by atoms with van der Waals surface area (Å²) >= 11 is 0. The fourth-order valence-corrected chi connectivity index (χ4v) is 2.61. The highest BCUT2D eigenvalue weighted by Gasteiger charge is 2.49. The summed E-state index contributed by atoms with van der Waals surface area (Å²) in [6.45, 7) is 5.34. The van der Waals surface area contributed by atoms with Crippen molar-refractivity contribution < 1.29 is 18.8 Å². The number of esters is 1. The van der Waals surface area contributed by atoms with E-state index in [1.54, 1.807) is 0 Å². The van der Waals surface area contributed by atoms with Crippen LogP contribution in [0.15, 0.2) is 4.52 Å². The minimum absolute atomic E-state index is 0.238. The molecule has 1 fully saturated rings. The van der Waals surface area contributed by atoms with Gasteiger partial charge in [0.1, 0.15) is 5.41 Å². The van der Waals surface area contributed by atoms with Crippen molar-refractivity contribution in [2.24, 2.45) is 0 Å². The van der Waals surface area contributed by atoms with E-state index in [0.29, 0.717) is 38.0 Å². The van der Waals surface area contributed by atoms with Gasteiger partial charge >= 0.3 is 5.97 Å². The molecule has 20 heavy (non-hydrogen) atoms. The van der Waals surface area contributed by atoms with Gasteiger partial charge in [0.25, 0.3) is 0 Å². The van der Waals surface area contributed by atoms with Crippen LogP contribution in [-0.2, 0) is 26.1 Å². The summed E-state index contributed by atoms with van der Waals surface area (Å²) in [5.74, 6) is 0.751. The van der Waals surface area contributed by atoms with Crippen LogP contribution in [0.5, 0.6) is 0 Å². The van der Waals surface area contributed by atoms with Crippen LogP contribution < -0.4 is 0 Å². The third kappa shape index (κ3) is 3.00. The van der Waals surface area contributed by atoms with Crippen LogP contribution in [-0.4, -0.2) is 35.9 Å². The fourth-order valence-electron chi connectivity index (χ4n) is 2.61. The molecule has 1 saturated carbocycles. The Bertz CT molecular complexity index is 438. The molecule has 0 spiro atoms. The van der Waals surface area contributed by atoms with E-state index in [1.807, 2.05) is 13.8 Å². The van der Waals surface area contributed by atoms with E-state index in [9.17, 15) is 4.79 Å². The van der Waals surface area contributed by atoms with E-state index in [2.05, 4.69) is 10.1 Å². The van der Waals surface area contributed by atoms with Crippen molar-refractivity contribution in [2.45, 2.75) is 51.4 Å². The third-order valence-corrected chi connectivity index (χ3v) is 3.67. The first-order valence-corrected chi connectivity index (χ1v) is 7.31. The van der Waals surface area contributed by atoms with Gasteiger partial charge in [0.15, 0.2) is 5.82 Å². The molecule has 1 aliphatic rings. The molecule has 6 nitrogen and oxygen atoms in total. The van der Waals surface area contributed by atoms with Crippen LogP contribution in [0.25, 0.3) is 0 Å². The van der Waals surface area contributed by atoms with Crippen LogP contribution in [0.1, 0.15) is 51.2 Å². The highest BCUT2D eigenvalue weighted by Crippen LogP contribution is 2.41. The number of nitrogens with zero attached hydrogens (tertiary/aromatic N) is 2. The zero-order valence-corrected chi connectivity index (χ0v) is 12.2. The average Bonchev–Trinajstić information content (AvgIpc) is 3.08. The molecule has 0 bridgehead atoms. The lowest BCUT2D eigenvalue weighted by atomic mass is 9.86. The van der Waals surface area contributed by atoms with E-state index in [-0.39, 0.29) is 5.97 Å². The Morgan fingerprint density at radius 2 is 2.05 bits per heavy atom. The van der Waals surface area contributed by atoms with Crippen LogP contribution >= 0.6 is 0 Å². The van der Waals surface area contributed by atoms with Gasteiger partial charge in [-0.3, -0.25) is 4.79 Å². The molecular weight excluding hydrogens is 260 g/mol. The number of hydrogen-bond donors (Lipinski definition) is 0. The lowest BCUT2D eigenvalue weighted by Crippen LogP contribution is -2.35. The zero-order valence-electron chi connectivity index (χ0n) is 12.2. The monoisotopic (exact) mass is 282 g/mol. The minimum atomic E-state index is -0.729. The van der Waals surface area contributed by atoms with Crippen molar-refractivity contribution in [1.82, 2.24) is 10.1 Å². The second-order valence-corrected chi connectivity index (χ2v) is 4.97. The summed E-state index contributed by atoms with van der Waals surface area (Å²) in [4.78, 5) is 16.6. The molecule has 0 N–H and O–H groups in total. The number of rotatable bonds is 7. The Labute approximate surface area is 118 Å². The molecule has 2 rings (SSSR count). The van der Waals surface area contributed by atoms with Crippen molar-refractivity contribution >= 4 is 5.97 Å². The SMILES string of the molecule is CCOCCc1noc(C2(C(=O)OCC)CCCC2)n1. The summed E-state index contributed by atoms with van der Waals surface area (Å²) in [6.07, 6.45) is 4.00. The normalized spacial score (nSPS) is 17.3. The van der Waals surface area contributed by atoms with Gasteiger partial charge in [0.2, 0.25) is 5.89 Å². The summed E-state index contributed by atoms with van der Waals surface area (Å²) < 4.78 is 15.8. The van der Waals surface area contributed by atoms with Crippen LogP contribution in [0.4, 0.5) is 0 Å². The molecule has 1 aliphatic carbocycles. The molecule has 0 atom stereocenters. The second kappa shape index (κ2) is 6.83. The fraction of sp³-hybridized carbons (Fsp3) is 0.786. The first-order valence-electron chi connectivity index (χ1n) is 7.31. The van der Waals surface area contributed by atoms with Crippen molar-refractivity contribution in [3.8, 4) is 0 Å². The van der Waals surface area contributed by atoms with Crippen molar-refractivity contribution in [3.05, 3.63) is 11.7 Å². The smallest absolute Gasteiger partial charge is 0.321 e. The Kier molecular flexibility index (Phi) is 5.11. The van der Waals surface area contributed by atoms with E-state index in [4.69, 9.17) is 14.0 Å². The topological polar surface area (TPSA) is 74.5 Å². The van der Waals surface area contributed by atoms with Gasteiger partial charge < -0.3 is 14.0 Å². The largest absolute Gasteiger partial charge is 0.465 e. The van der Waals surface area contributed by atoms with Crippen LogP contribution in [0.2, 0.25) is 0 Å². The highest BCUT2D eigenvalue weighted by atomic mass is 16.5. The molecule has 0 aliphatic heterocycles. The number of ether oxygens (including phenoxy) is 2. The average molecular weight is 282 g/mol. The van der Waals surface area contributed by atoms with Gasteiger partial charge in [-0.25, -0.2) is 0 Å². The molecule has 1 aromatic heterocycles. The molecule has 1 aromatic rings. The maximum absolute atomic E-state index is 12.3. The molecular formula is C14H22N2O4. The van der Waals surface area contributed by atoms with Crippen molar-refractivity contribution in [2.75, 3.05) is 19.8 Å². The Balaban J connectivity index is 2.12. The highest BCUT2D eigenvalue weighted by molar-refractivity contribution is 5.82. The zero-order chi connectivity index (χ0) is 14.4. The number of hydrogen-bond acceptors (Lipinski definition) is 6. The number of aromatic nitrogens is 2. The maximum Gasteiger partial charge on any atom is 0.321 e. The molecule has 0 aromatic carbocycles. The van der Waals surface area contributed by atoms with Gasteiger partial charge in [-0.15, -0.1) is 0 Å². The van der Waals surface area contributed by atoms with E-state index in [1.165, 1.54) is 0 Å². The minimum Gasteiger partial charge on any atom is -0.465 e. The Morgan fingerprint density at radius 3 is 2.70 bits per heavy atom. The predicted octanol–water partition coefficient (Wildman–Crippen LogP) is 2.02. The van der Waals surface area contributed by atoms with E-state index in [0.717, 1.165) is 25.7 Å². The lowest BCUT2D eigenvalue weighted by molar-refractivity contribution is -0.151. The molecule has 6 heteroatoms. The summed E-state index contributed by atoms with van der Waals surface area (Å²) in [7, 11) is 0. The van der Waals surface area contributed by atoms with Crippen molar-refractivity contribution in [3.63, 3.8) is 0 Å². The van der Waals surface area contributed by atoms with Gasteiger partial charge in [0, 0.05) is 13.0 Å². The maximum atomic E-state index is 12.3. The number of carbonyl (C=O) groups is 1. The van der Waals surface area contributed by atoms with E-state index >= 15 is 0 Å². The summed E-state index contributed by atoms with van der Waals surface area (Å²) in [6, 6.07) is 0. The lowest BCUT2D eigenvalue weighted by Gasteiger charge is -2.21. The number of carbonyl (C=O) groups excluding carboxylic acids is 1. The molecule has 0 unspecified atom stereocenters. The Hall–Kier alpha value is -1.43. The quantitative estimate of drug-likeness (QED) is 0.562. The standard InChI is InChI=1S/C14H22N2O4/c1-3-18-10-7-11-15-12(20-16-11)14(8-5-6-9-14)13(17)19-4-2/h3-10H2,1-2H3. The summed E-state index contributed by atoms with van der Waals surface area (Å²) in [5, 5.41) is 3.95.